The molecule has 0 radical (unpaired) electrons. The van der Waals surface area contributed by atoms with E-state index in [2.05, 4.69) is 0 Å². The molecule has 0 spiro atoms. The molecule has 0 aliphatic carbocycles. The van der Waals surface area contributed by atoms with Crippen LogP contribution in [0.15, 0.2) is 84.9 Å². The predicted octanol–water partition coefficient (Wildman–Crippen LogP) is 6.41. The maximum atomic E-state index is 14.5. The second-order valence-corrected chi connectivity index (χ2v) is 8.59. The lowest BCUT2D eigenvalue weighted by Crippen LogP contribution is -2.34. The molecule has 0 unspecified atom stereocenters. The lowest BCUT2D eigenvalue weighted by molar-refractivity contribution is 0.0716. The number of halogens is 1. The van der Waals surface area contributed by atoms with Crippen molar-refractivity contribution in [3.05, 3.63) is 108 Å². The Morgan fingerprint density at radius 2 is 1.59 bits per heavy atom. The molecule has 0 N–H and O–H groups in total. The quantitative estimate of drug-likeness (QED) is 0.307. The molecule has 1 amide bonds. The van der Waals surface area contributed by atoms with Crippen molar-refractivity contribution in [1.29, 1.82) is 0 Å². The molecule has 0 aliphatic heterocycles. The molecule has 5 nitrogen and oxygen atoms in total. The Balaban J connectivity index is 1.77. The molecule has 0 fully saturated rings. The van der Waals surface area contributed by atoms with Crippen LogP contribution in [0.3, 0.4) is 0 Å². The third-order valence-corrected chi connectivity index (χ3v) is 5.42. The molecule has 1 heterocycles. The Hall–Kier alpha value is -3.93. The highest BCUT2D eigenvalue weighted by Crippen LogP contribution is 2.32. The first-order valence-corrected chi connectivity index (χ1v) is 11.3. The summed E-state index contributed by atoms with van der Waals surface area (Å²) in [6.45, 7) is 6.67. The first-order valence-electron chi connectivity index (χ1n) is 11.3. The van der Waals surface area contributed by atoms with Gasteiger partial charge in [-0.3, -0.25) is 4.79 Å². The average Bonchev–Trinajstić information content (AvgIpc) is 3.14. The number of amides is 1. The predicted molar refractivity (Wildman–Crippen MR) is 131 cm³/mol. The maximum absolute atomic E-state index is 14.5. The minimum atomic E-state index is -0.529. The largest absolute Gasteiger partial charge is 0.439 e. The zero-order valence-electron chi connectivity index (χ0n) is 19.6. The Kier molecular flexibility index (Phi) is 7.07. The molecule has 4 rings (SSSR count). The zero-order chi connectivity index (χ0) is 24.1. The molecule has 0 bridgehead atoms. The topological polar surface area (TPSA) is 47.4 Å². The summed E-state index contributed by atoms with van der Waals surface area (Å²) in [5, 5.41) is 4.74. The van der Waals surface area contributed by atoms with Gasteiger partial charge in [0.05, 0.1) is 29.1 Å². The summed E-state index contributed by atoms with van der Waals surface area (Å²) in [5.41, 5.74) is 2.42. The SMILES string of the molecule is Cc1nn(-c2ccccc2)c(Oc2ccccc2)c1CN(CC(C)C)C(=O)c1ccccc1F. The number of aromatic nitrogens is 2. The number of benzene rings is 3. The van der Waals surface area contributed by atoms with Gasteiger partial charge in [0.15, 0.2) is 0 Å². The van der Waals surface area contributed by atoms with Gasteiger partial charge in [0, 0.05) is 6.54 Å². The molecular formula is C28H28FN3O2. The fourth-order valence-corrected chi connectivity index (χ4v) is 3.83. The van der Waals surface area contributed by atoms with Gasteiger partial charge in [-0.2, -0.15) is 5.10 Å². The van der Waals surface area contributed by atoms with Crippen LogP contribution in [0, 0.1) is 18.7 Å². The van der Waals surface area contributed by atoms with Gasteiger partial charge in [-0.15, -0.1) is 0 Å². The van der Waals surface area contributed by atoms with Crippen molar-refractivity contribution in [2.24, 2.45) is 5.92 Å². The van der Waals surface area contributed by atoms with Crippen LogP contribution in [0.1, 0.15) is 35.5 Å². The van der Waals surface area contributed by atoms with E-state index in [1.807, 2.05) is 81.4 Å². The Morgan fingerprint density at radius 1 is 0.971 bits per heavy atom. The van der Waals surface area contributed by atoms with Gasteiger partial charge in [0.2, 0.25) is 5.88 Å². The number of para-hydroxylation sites is 2. The van der Waals surface area contributed by atoms with Gasteiger partial charge in [0.1, 0.15) is 11.6 Å². The van der Waals surface area contributed by atoms with Crippen LogP contribution in [-0.4, -0.2) is 27.1 Å². The third kappa shape index (κ3) is 5.17. The highest BCUT2D eigenvalue weighted by atomic mass is 19.1. The minimum Gasteiger partial charge on any atom is -0.439 e. The second-order valence-electron chi connectivity index (χ2n) is 8.59. The van der Waals surface area contributed by atoms with E-state index in [-0.39, 0.29) is 23.9 Å². The summed E-state index contributed by atoms with van der Waals surface area (Å²) >= 11 is 0. The van der Waals surface area contributed by atoms with Crippen molar-refractivity contribution >= 4 is 5.91 Å². The fourth-order valence-electron chi connectivity index (χ4n) is 3.83. The van der Waals surface area contributed by atoms with Crippen molar-refractivity contribution < 1.29 is 13.9 Å². The van der Waals surface area contributed by atoms with Crippen molar-refractivity contribution in [2.75, 3.05) is 6.54 Å². The van der Waals surface area contributed by atoms with Gasteiger partial charge >= 0.3 is 0 Å². The standard InChI is InChI=1S/C28H28FN3O2/c1-20(2)18-31(27(33)24-16-10-11-17-26(24)29)19-25-21(3)30-32(22-12-6-4-7-13-22)28(25)34-23-14-8-5-9-15-23/h4-17,20H,18-19H2,1-3H3. The van der Waals surface area contributed by atoms with Crippen LogP contribution in [0.5, 0.6) is 11.6 Å². The molecule has 174 valence electrons. The first kappa shape index (κ1) is 23.2. The normalized spacial score (nSPS) is 11.0. The lowest BCUT2D eigenvalue weighted by Gasteiger charge is -2.25. The smallest absolute Gasteiger partial charge is 0.257 e. The number of carbonyl (C=O) groups excluding carboxylic acids is 1. The average molecular weight is 458 g/mol. The lowest BCUT2D eigenvalue weighted by atomic mass is 10.1. The van der Waals surface area contributed by atoms with Crippen LogP contribution >= 0.6 is 0 Å². The van der Waals surface area contributed by atoms with Gasteiger partial charge in [-0.05, 0) is 49.2 Å². The second kappa shape index (κ2) is 10.3. The summed E-state index contributed by atoms with van der Waals surface area (Å²) in [7, 11) is 0. The van der Waals surface area contributed by atoms with Gasteiger partial charge < -0.3 is 9.64 Å². The Morgan fingerprint density at radius 3 is 2.24 bits per heavy atom. The van der Waals surface area contributed by atoms with Crippen LogP contribution in [0.25, 0.3) is 5.69 Å². The van der Waals surface area contributed by atoms with E-state index >= 15 is 0 Å². The molecule has 3 aromatic carbocycles. The molecular weight excluding hydrogens is 429 g/mol. The Bertz CT molecular complexity index is 1250. The summed E-state index contributed by atoms with van der Waals surface area (Å²) in [4.78, 5) is 15.0. The first-order chi connectivity index (χ1) is 16.4. The number of aryl methyl sites for hydroxylation is 1. The number of hydrogen-bond donors (Lipinski definition) is 0. The molecule has 1 aromatic heterocycles. The minimum absolute atomic E-state index is 0.0572. The highest BCUT2D eigenvalue weighted by molar-refractivity contribution is 5.94. The van der Waals surface area contributed by atoms with Crippen molar-refractivity contribution in [1.82, 2.24) is 14.7 Å². The van der Waals surface area contributed by atoms with E-state index in [9.17, 15) is 9.18 Å². The molecule has 34 heavy (non-hydrogen) atoms. The van der Waals surface area contributed by atoms with Crippen molar-refractivity contribution in [2.45, 2.75) is 27.3 Å². The molecule has 0 atom stereocenters. The van der Waals surface area contributed by atoms with Crippen LogP contribution in [0.2, 0.25) is 0 Å². The van der Waals surface area contributed by atoms with E-state index in [0.717, 1.165) is 16.9 Å². The van der Waals surface area contributed by atoms with E-state index in [4.69, 9.17) is 9.84 Å². The highest BCUT2D eigenvalue weighted by Gasteiger charge is 2.26. The number of nitrogens with zero attached hydrogens (tertiary/aromatic N) is 3. The summed E-state index contributed by atoms with van der Waals surface area (Å²) in [6, 6.07) is 25.3. The van der Waals surface area contributed by atoms with E-state index in [1.54, 1.807) is 21.7 Å². The maximum Gasteiger partial charge on any atom is 0.257 e. The van der Waals surface area contributed by atoms with Crippen molar-refractivity contribution in [3.8, 4) is 17.3 Å². The van der Waals surface area contributed by atoms with Gasteiger partial charge in [0.25, 0.3) is 5.91 Å². The monoisotopic (exact) mass is 457 g/mol. The molecule has 0 saturated carbocycles. The fraction of sp³-hybridized carbons (Fsp3) is 0.214. The summed E-state index contributed by atoms with van der Waals surface area (Å²) in [6.07, 6.45) is 0. The third-order valence-electron chi connectivity index (χ3n) is 5.42. The Labute approximate surface area is 199 Å². The summed E-state index contributed by atoms with van der Waals surface area (Å²) < 4.78 is 22.5. The summed E-state index contributed by atoms with van der Waals surface area (Å²) in [5.74, 6) is 0.503. The number of rotatable bonds is 8. The molecule has 0 aliphatic rings. The number of carbonyl (C=O) groups is 1. The van der Waals surface area contributed by atoms with Crippen LogP contribution in [-0.2, 0) is 6.54 Å². The molecule has 6 heteroatoms. The van der Waals surface area contributed by atoms with Gasteiger partial charge in [-0.1, -0.05) is 62.4 Å². The molecule has 4 aromatic rings. The zero-order valence-corrected chi connectivity index (χ0v) is 19.6. The van der Waals surface area contributed by atoms with Gasteiger partial charge in [-0.25, -0.2) is 9.07 Å². The number of hydrogen-bond acceptors (Lipinski definition) is 3. The van der Waals surface area contributed by atoms with E-state index < -0.39 is 5.82 Å². The van der Waals surface area contributed by atoms with E-state index in [0.29, 0.717) is 18.2 Å². The molecule has 0 saturated heterocycles. The number of ether oxygens (including phenoxy) is 1. The van der Waals surface area contributed by atoms with E-state index in [1.165, 1.54) is 12.1 Å². The van der Waals surface area contributed by atoms with Crippen LogP contribution < -0.4 is 4.74 Å². The van der Waals surface area contributed by atoms with Crippen molar-refractivity contribution in [3.63, 3.8) is 0 Å². The van der Waals surface area contributed by atoms with Crippen LogP contribution in [0.4, 0.5) is 4.39 Å².